The summed E-state index contributed by atoms with van der Waals surface area (Å²) in [5, 5.41) is 2.71. The molecular weight excluding hydrogens is 299 g/mol. The monoisotopic (exact) mass is 315 g/mol. The highest BCUT2D eigenvalue weighted by molar-refractivity contribution is 5.97. The summed E-state index contributed by atoms with van der Waals surface area (Å²) in [6, 6.07) is 3.72. The molecule has 1 amide bonds. The van der Waals surface area contributed by atoms with Crippen LogP contribution in [0.5, 0.6) is 5.75 Å². The number of amides is 1. The van der Waals surface area contributed by atoms with Crippen molar-refractivity contribution in [2.75, 3.05) is 13.2 Å². The smallest absolute Gasteiger partial charge is 0.405 e. The van der Waals surface area contributed by atoms with Gasteiger partial charge in [0, 0.05) is 19.3 Å². The molecular formula is C15H16F3NO3. The summed E-state index contributed by atoms with van der Waals surface area (Å²) in [6.07, 6.45) is -2.16. The molecule has 0 aromatic heterocycles. The predicted octanol–water partition coefficient (Wildman–Crippen LogP) is 3.14. The van der Waals surface area contributed by atoms with Crippen LogP contribution in [0.4, 0.5) is 13.2 Å². The van der Waals surface area contributed by atoms with Crippen molar-refractivity contribution in [3.8, 4) is 5.75 Å². The Labute approximate surface area is 125 Å². The van der Waals surface area contributed by atoms with E-state index in [2.05, 4.69) is 16.6 Å². The van der Waals surface area contributed by atoms with Crippen molar-refractivity contribution < 1.29 is 27.4 Å². The Morgan fingerprint density at radius 2 is 2.05 bits per heavy atom. The van der Waals surface area contributed by atoms with Crippen LogP contribution in [0.15, 0.2) is 24.8 Å². The van der Waals surface area contributed by atoms with Crippen LogP contribution < -0.4 is 10.1 Å². The van der Waals surface area contributed by atoms with Crippen molar-refractivity contribution in [2.24, 2.45) is 0 Å². The summed E-state index contributed by atoms with van der Waals surface area (Å²) in [7, 11) is 0. The van der Waals surface area contributed by atoms with E-state index in [1.807, 2.05) is 0 Å². The molecule has 0 atom stereocenters. The minimum Gasteiger partial charge on any atom is -0.405 e. The fraction of sp³-hybridized carbons (Fsp3) is 0.400. The third-order valence-electron chi connectivity index (χ3n) is 3.27. The summed E-state index contributed by atoms with van der Waals surface area (Å²) in [6.45, 7) is 4.57. The molecule has 2 rings (SSSR count). The molecule has 0 radical (unpaired) electrons. The van der Waals surface area contributed by atoms with Crippen LogP contribution in [0.2, 0.25) is 0 Å². The fourth-order valence-corrected chi connectivity index (χ4v) is 2.17. The minimum atomic E-state index is -4.86. The second kappa shape index (κ2) is 6.83. The molecule has 0 bridgehead atoms. The van der Waals surface area contributed by atoms with Crippen LogP contribution >= 0.6 is 0 Å². The molecule has 1 aromatic rings. The number of alkyl halides is 3. The Morgan fingerprint density at radius 1 is 1.36 bits per heavy atom. The lowest BCUT2D eigenvalue weighted by molar-refractivity contribution is -0.274. The molecule has 1 aromatic carbocycles. The van der Waals surface area contributed by atoms with Gasteiger partial charge in [-0.3, -0.25) is 4.79 Å². The Morgan fingerprint density at radius 3 is 2.64 bits per heavy atom. The molecule has 1 saturated heterocycles. The van der Waals surface area contributed by atoms with E-state index in [1.54, 1.807) is 0 Å². The zero-order valence-corrected chi connectivity index (χ0v) is 11.8. The highest BCUT2D eigenvalue weighted by Gasteiger charge is 2.33. The van der Waals surface area contributed by atoms with Crippen molar-refractivity contribution in [3.05, 3.63) is 35.9 Å². The van der Waals surface area contributed by atoms with Crippen molar-refractivity contribution in [2.45, 2.75) is 25.2 Å². The van der Waals surface area contributed by atoms with Gasteiger partial charge in [0.1, 0.15) is 5.75 Å². The van der Waals surface area contributed by atoms with Gasteiger partial charge in [-0.1, -0.05) is 18.7 Å². The lowest BCUT2D eigenvalue weighted by atomic mass is 10.1. The second-order valence-corrected chi connectivity index (χ2v) is 4.87. The van der Waals surface area contributed by atoms with Crippen LogP contribution in [0, 0.1) is 0 Å². The predicted molar refractivity (Wildman–Crippen MR) is 74.5 cm³/mol. The molecule has 7 heteroatoms. The second-order valence-electron chi connectivity index (χ2n) is 4.87. The topological polar surface area (TPSA) is 47.6 Å². The number of benzene rings is 1. The van der Waals surface area contributed by atoms with E-state index in [4.69, 9.17) is 4.74 Å². The van der Waals surface area contributed by atoms with Crippen molar-refractivity contribution >= 4 is 12.0 Å². The molecule has 1 heterocycles. The minimum absolute atomic E-state index is 0.118. The lowest BCUT2D eigenvalue weighted by Crippen LogP contribution is -2.39. The Bertz CT molecular complexity index is 551. The summed E-state index contributed by atoms with van der Waals surface area (Å²) >= 11 is 0. The van der Waals surface area contributed by atoms with Gasteiger partial charge < -0.3 is 14.8 Å². The van der Waals surface area contributed by atoms with Gasteiger partial charge in [0.2, 0.25) is 0 Å². The van der Waals surface area contributed by atoms with Gasteiger partial charge in [0.15, 0.2) is 0 Å². The molecule has 0 saturated carbocycles. The normalized spacial score (nSPS) is 16.1. The molecule has 4 nitrogen and oxygen atoms in total. The zero-order valence-electron chi connectivity index (χ0n) is 11.8. The molecule has 0 aliphatic carbocycles. The summed E-state index contributed by atoms with van der Waals surface area (Å²) in [4.78, 5) is 12.3. The first-order valence-electron chi connectivity index (χ1n) is 6.80. The van der Waals surface area contributed by atoms with E-state index >= 15 is 0 Å². The van der Waals surface area contributed by atoms with Crippen LogP contribution in [-0.2, 0) is 4.74 Å². The van der Waals surface area contributed by atoms with Crippen LogP contribution in [0.25, 0.3) is 6.08 Å². The summed E-state index contributed by atoms with van der Waals surface area (Å²) in [5.41, 5.74) is 0.368. The number of rotatable bonds is 4. The van der Waals surface area contributed by atoms with E-state index in [0.29, 0.717) is 31.6 Å². The molecule has 1 fully saturated rings. The van der Waals surface area contributed by atoms with E-state index in [9.17, 15) is 18.0 Å². The maximum Gasteiger partial charge on any atom is 0.573 e. The van der Waals surface area contributed by atoms with E-state index < -0.39 is 18.0 Å². The standard InChI is InChI=1S/C15H16F3NO3/c1-2-10-3-4-13(22-15(16,17)18)12(9-10)14(20)19-11-5-7-21-8-6-11/h2-4,9,11H,1,5-8H2,(H,19,20). The number of nitrogens with one attached hydrogen (secondary N) is 1. The van der Waals surface area contributed by atoms with E-state index in [-0.39, 0.29) is 11.6 Å². The molecule has 120 valence electrons. The molecule has 1 aliphatic rings. The van der Waals surface area contributed by atoms with Crippen LogP contribution in [-0.4, -0.2) is 31.5 Å². The number of ether oxygens (including phenoxy) is 2. The van der Waals surface area contributed by atoms with Gasteiger partial charge in [0.25, 0.3) is 5.91 Å². The number of carbonyl (C=O) groups is 1. The maximum absolute atomic E-state index is 12.4. The molecule has 0 unspecified atom stereocenters. The first kappa shape index (κ1) is 16.4. The number of hydrogen-bond donors (Lipinski definition) is 1. The Kier molecular flexibility index (Phi) is 5.07. The van der Waals surface area contributed by atoms with Gasteiger partial charge >= 0.3 is 6.36 Å². The highest BCUT2D eigenvalue weighted by Crippen LogP contribution is 2.28. The summed E-state index contributed by atoms with van der Waals surface area (Å²) in [5.74, 6) is -1.13. The van der Waals surface area contributed by atoms with Crippen LogP contribution in [0.3, 0.4) is 0 Å². The van der Waals surface area contributed by atoms with Crippen molar-refractivity contribution in [3.63, 3.8) is 0 Å². The largest absolute Gasteiger partial charge is 0.573 e. The number of halogens is 3. The fourth-order valence-electron chi connectivity index (χ4n) is 2.17. The molecule has 1 N–H and O–H groups in total. The Balaban J connectivity index is 2.21. The lowest BCUT2D eigenvalue weighted by Gasteiger charge is -2.23. The van der Waals surface area contributed by atoms with Gasteiger partial charge in [-0.25, -0.2) is 0 Å². The SMILES string of the molecule is C=Cc1ccc(OC(F)(F)F)c(C(=O)NC2CCOCC2)c1. The molecule has 0 spiro atoms. The number of carbonyl (C=O) groups excluding carboxylic acids is 1. The quantitative estimate of drug-likeness (QED) is 0.928. The van der Waals surface area contributed by atoms with Gasteiger partial charge in [-0.05, 0) is 30.5 Å². The van der Waals surface area contributed by atoms with E-state index in [1.165, 1.54) is 18.2 Å². The van der Waals surface area contributed by atoms with Crippen LogP contribution in [0.1, 0.15) is 28.8 Å². The van der Waals surface area contributed by atoms with E-state index in [0.717, 1.165) is 6.07 Å². The first-order valence-corrected chi connectivity index (χ1v) is 6.80. The number of hydrogen-bond acceptors (Lipinski definition) is 3. The highest BCUT2D eigenvalue weighted by atomic mass is 19.4. The average Bonchev–Trinajstić information content (AvgIpc) is 2.47. The third kappa shape index (κ3) is 4.49. The van der Waals surface area contributed by atoms with Crippen molar-refractivity contribution in [1.82, 2.24) is 5.32 Å². The first-order chi connectivity index (χ1) is 10.4. The molecule has 22 heavy (non-hydrogen) atoms. The Hall–Kier alpha value is -2.02. The zero-order chi connectivity index (χ0) is 16.2. The molecule has 1 aliphatic heterocycles. The average molecular weight is 315 g/mol. The van der Waals surface area contributed by atoms with Gasteiger partial charge in [-0.15, -0.1) is 13.2 Å². The van der Waals surface area contributed by atoms with Crippen molar-refractivity contribution in [1.29, 1.82) is 0 Å². The summed E-state index contributed by atoms with van der Waals surface area (Å²) < 4.78 is 46.4. The third-order valence-corrected chi connectivity index (χ3v) is 3.27. The maximum atomic E-state index is 12.4. The van der Waals surface area contributed by atoms with Gasteiger partial charge in [0.05, 0.1) is 5.56 Å². The van der Waals surface area contributed by atoms with Gasteiger partial charge in [-0.2, -0.15) is 0 Å².